The van der Waals surface area contributed by atoms with E-state index < -0.39 is 0 Å². The summed E-state index contributed by atoms with van der Waals surface area (Å²) in [7, 11) is 0. The molecule has 2 atom stereocenters. The zero-order valence-corrected chi connectivity index (χ0v) is 13.1. The van der Waals surface area contributed by atoms with Crippen molar-refractivity contribution in [3.8, 4) is 5.69 Å². The summed E-state index contributed by atoms with van der Waals surface area (Å²) in [6.07, 6.45) is 9.38. The van der Waals surface area contributed by atoms with Crippen LogP contribution in [0.2, 0.25) is 0 Å². The summed E-state index contributed by atoms with van der Waals surface area (Å²) in [5.74, 6) is 1.46. The maximum atomic E-state index is 12.6. The van der Waals surface area contributed by atoms with Crippen molar-refractivity contribution >= 4 is 5.91 Å². The first-order valence-corrected chi connectivity index (χ1v) is 8.46. The third-order valence-electron chi connectivity index (χ3n) is 5.16. The van der Waals surface area contributed by atoms with Crippen molar-refractivity contribution in [1.82, 2.24) is 25.5 Å². The first kappa shape index (κ1) is 14.4. The minimum Gasteiger partial charge on any atom is -0.349 e. The first-order chi connectivity index (χ1) is 11.3. The van der Waals surface area contributed by atoms with Crippen molar-refractivity contribution in [2.45, 2.75) is 44.6 Å². The smallest absolute Gasteiger partial charge is 0.253 e. The number of para-hydroxylation sites is 1. The van der Waals surface area contributed by atoms with Gasteiger partial charge < -0.3 is 5.32 Å². The second-order valence-corrected chi connectivity index (χ2v) is 6.65. The van der Waals surface area contributed by atoms with Gasteiger partial charge in [0.2, 0.25) is 0 Å². The van der Waals surface area contributed by atoms with E-state index in [2.05, 4.69) is 20.8 Å². The van der Waals surface area contributed by atoms with E-state index in [1.54, 1.807) is 0 Å². The predicted molar refractivity (Wildman–Crippen MR) is 85.1 cm³/mol. The van der Waals surface area contributed by atoms with Crippen molar-refractivity contribution in [2.75, 3.05) is 0 Å². The van der Waals surface area contributed by atoms with Crippen LogP contribution in [0.1, 0.15) is 48.9 Å². The van der Waals surface area contributed by atoms with Crippen molar-refractivity contribution in [1.29, 1.82) is 0 Å². The molecule has 0 bridgehead atoms. The Morgan fingerprint density at radius 1 is 1.17 bits per heavy atom. The van der Waals surface area contributed by atoms with E-state index in [9.17, 15) is 4.79 Å². The third kappa shape index (κ3) is 2.98. The molecule has 4 rings (SSSR count). The van der Waals surface area contributed by atoms with Crippen molar-refractivity contribution < 1.29 is 4.79 Å². The number of hydrogen-bond donors (Lipinski definition) is 1. The molecule has 0 aliphatic heterocycles. The fourth-order valence-electron chi connectivity index (χ4n) is 3.85. The summed E-state index contributed by atoms with van der Waals surface area (Å²) in [4.78, 5) is 12.6. The molecule has 2 fully saturated rings. The van der Waals surface area contributed by atoms with E-state index in [-0.39, 0.29) is 5.91 Å². The van der Waals surface area contributed by atoms with Crippen LogP contribution in [0.3, 0.4) is 0 Å². The highest BCUT2D eigenvalue weighted by Gasteiger charge is 2.43. The maximum Gasteiger partial charge on any atom is 0.253 e. The van der Waals surface area contributed by atoms with Crippen LogP contribution in [0.25, 0.3) is 5.69 Å². The Bertz CT molecular complexity index is 678. The van der Waals surface area contributed by atoms with E-state index in [1.807, 2.05) is 24.3 Å². The summed E-state index contributed by atoms with van der Waals surface area (Å²) in [6.45, 7) is 0. The Morgan fingerprint density at radius 3 is 2.78 bits per heavy atom. The summed E-state index contributed by atoms with van der Waals surface area (Å²) in [5.41, 5.74) is 1.33. The number of carbonyl (C=O) groups excluding carboxylic acids is 1. The minimum atomic E-state index is -0.0283. The lowest BCUT2D eigenvalue weighted by Gasteiger charge is -2.21. The fraction of sp³-hybridized carbons (Fsp3) is 0.529. The molecule has 1 N–H and O–H groups in total. The fourth-order valence-corrected chi connectivity index (χ4v) is 3.85. The number of hydrogen-bond acceptors (Lipinski definition) is 4. The van der Waals surface area contributed by atoms with E-state index in [4.69, 9.17) is 0 Å². The third-order valence-corrected chi connectivity index (χ3v) is 5.16. The molecule has 0 unspecified atom stereocenters. The molecule has 0 spiro atoms. The van der Waals surface area contributed by atoms with Gasteiger partial charge in [-0.25, -0.2) is 0 Å². The molecule has 1 aromatic heterocycles. The second-order valence-electron chi connectivity index (χ2n) is 6.65. The Morgan fingerprint density at radius 2 is 2.00 bits per heavy atom. The number of benzene rings is 1. The Labute approximate surface area is 135 Å². The maximum absolute atomic E-state index is 12.6. The molecule has 1 aromatic carbocycles. The molecule has 2 aliphatic rings. The van der Waals surface area contributed by atoms with Gasteiger partial charge in [-0.3, -0.25) is 4.79 Å². The number of nitrogens with zero attached hydrogens (tertiary/aromatic N) is 4. The van der Waals surface area contributed by atoms with Gasteiger partial charge in [0.1, 0.15) is 6.33 Å². The minimum absolute atomic E-state index is 0.0283. The highest BCUT2D eigenvalue weighted by molar-refractivity contribution is 5.98. The van der Waals surface area contributed by atoms with Gasteiger partial charge >= 0.3 is 0 Å². The summed E-state index contributed by atoms with van der Waals surface area (Å²) >= 11 is 0. The van der Waals surface area contributed by atoms with Crippen LogP contribution in [0, 0.1) is 11.8 Å². The monoisotopic (exact) mass is 311 g/mol. The van der Waals surface area contributed by atoms with Gasteiger partial charge in [-0.15, -0.1) is 5.10 Å². The molecule has 23 heavy (non-hydrogen) atoms. The van der Waals surface area contributed by atoms with E-state index in [0.29, 0.717) is 23.2 Å². The molecular formula is C17H21N5O. The summed E-state index contributed by atoms with van der Waals surface area (Å²) in [5, 5.41) is 14.4. The number of nitrogens with one attached hydrogen (secondary N) is 1. The number of aromatic nitrogens is 4. The van der Waals surface area contributed by atoms with Crippen molar-refractivity contribution in [3.63, 3.8) is 0 Å². The first-order valence-electron chi connectivity index (χ1n) is 8.46. The van der Waals surface area contributed by atoms with Gasteiger partial charge in [0.15, 0.2) is 0 Å². The summed E-state index contributed by atoms with van der Waals surface area (Å²) < 4.78 is 1.53. The molecular weight excluding hydrogens is 290 g/mol. The van der Waals surface area contributed by atoms with Crippen LogP contribution in [-0.2, 0) is 0 Å². The molecule has 2 aliphatic carbocycles. The summed E-state index contributed by atoms with van der Waals surface area (Å²) in [6, 6.07) is 7.78. The van der Waals surface area contributed by atoms with Crippen LogP contribution in [0.15, 0.2) is 30.6 Å². The van der Waals surface area contributed by atoms with Crippen LogP contribution < -0.4 is 5.32 Å². The van der Waals surface area contributed by atoms with E-state index in [1.165, 1.54) is 43.1 Å². The Balaban J connectivity index is 1.44. The number of carbonyl (C=O) groups is 1. The van der Waals surface area contributed by atoms with Crippen molar-refractivity contribution in [3.05, 3.63) is 36.2 Å². The molecule has 1 heterocycles. The number of amides is 1. The quantitative estimate of drug-likeness (QED) is 0.941. The molecule has 6 heteroatoms. The Kier molecular flexibility index (Phi) is 3.81. The van der Waals surface area contributed by atoms with Crippen molar-refractivity contribution in [2.24, 2.45) is 11.8 Å². The highest BCUT2D eigenvalue weighted by atomic mass is 16.1. The standard InChI is InChI=1S/C17H21N5O/c23-17(19-15-10-14(15)12-6-2-1-3-7-12)13-8-4-5-9-16(13)22-11-18-20-21-22/h4-5,8-9,11-12,14-15H,1-3,6-7,10H2,(H,19,23)/t14-,15+/m0/s1. The molecule has 2 aromatic rings. The van der Waals surface area contributed by atoms with Gasteiger partial charge in [-0.1, -0.05) is 44.2 Å². The normalized spacial score (nSPS) is 24.3. The van der Waals surface area contributed by atoms with Crippen LogP contribution in [0.5, 0.6) is 0 Å². The SMILES string of the molecule is O=C(N[C@@H]1C[C@H]1C1CCCCC1)c1ccccc1-n1cnnn1. The van der Waals surface area contributed by atoms with Gasteiger partial charge in [0.25, 0.3) is 5.91 Å². The van der Waals surface area contributed by atoms with E-state index >= 15 is 0 Å². The van der Waals surface area contributed by atoms with Gasteiger partial charge in [0.05, 0.1) is 11.3 Å². The molecule has 6 nitrogen and oxygen atoms in total. The van der Waals surface area contributed by atoms with Gasteiger partial charge in [0, 0.05) is 6.04 Å². The molecule has 2 saturated carbocycles. The average molecular weight is 311 g/mol. The predicted octanol–water partition coefficient (Wildman–Crippen LogP) is 2.36. The lowest BCUT2D eigenvalue weighted by atomic mass is 9.85. The van der Waals surface area contributed by atoms with Crippen LogP contribution >= 0.6 is 0 Å². The average Bonchev–Trinajstić information content (AvgIpc) is 3.15. The largest absolute Gasteiger partial charge is 0.349 e. The van der Waals surface area contributed by atoms with Gasteiger partial charge in [-0.2, -0.15) is 4.68 Å². The number of rotatable bonds is 4. The zero-order chi connectivity index (χ0) is 15.6. The second kappa shape index (κ2) is 6.10. The molecule has 0 saturated heterocycles. The number of tetrazole rings is 1. The van der Waals surface area contributed by atoms with Crippen LogP contribution in [-0.4, -0.2) is 32.2 Å². The molecule has 120 valence electrons. The molecule has 1 amide bonds. The Hall–Kier alpha value is -2.24. The lowest BCUT2D eigenvalue weighted by molar-refractivity contribution is 0.0946. The lowest BCUT2D eigenvalue weighted by Crippen LogP contribution is -2.29. The topological polar surface area (TPSA) is 72.7 Å². The molecule has 0 radical (unpaired) electrons. The van der Waals surface area contributed by atoms with Gasteiger partial charge in [-0.05, 0) is 40.8 Å². The van der Waals surface area contributed by atoms with Crippen LogP contribution in [0.4, 0.5) is 0 Å². The van der Waals surface area contributed by atoms with E-state index in [0.717, 1.165) is 12.3 Å². The highest BCUT2D eigenvalue weighted by Crippen LogP contribution is 2.44. The zero-order valence-electron chi connectivity index (χ0n) is 13.1.